The molecular weight excluding hydrogens is 346 g/mol. The molecule has 0 atom stereocenters. The number of carbonyl (C=O) groups excluding carboxylic acids is 2. The molecule has 0 saturated carbocycles. The lowest BCUT2D eigenvalue weighted by atomic mass is 10.1. The number of nitrogens with one attached hydrogen (secondary N) is 2. The number of rotatable bonds is 6. The summed E-state index contributed by atoms with van der Waals surface area (Å²) in [5.74, 6) is -0.173. The Kier molecular flexibility index (Phi) is 5.76. The van der Waals surface area contributed by atoms with Gasteiger partial charge in [0.15, 0.2) is 0 Å². The molecule has 1 aromatic carbocycles. The van der Waals surface area contributed by atoms with Gasteiger partial charge in [-0.05, 0) is 40.8 Å². The lowest BCUT2D eigenvalue weighted by Gasteiger charge is -2.07. The van der Waals surface area contributed by atoms with E-state index in [4.69, 9.17) is 0 Å². The topological polar surface area (TPSA) is 71.1 Å². The Morgan fingerprint density at radius 3 is 2.58 bits per heavy atom. The van der Waals surface area contributed by atoms with Gasteiger partial charge in [-0.15, -0.1) is 11.3 Å². The van der Waals surface area contributed by atoms with E-state index in [1.54, 1.807) is 29.7 Å². The Labute approximate surface area is 156 Å². The smallest absolute Gasteiger partial charge is 0.224 e. The molecule has 0 radical (unpaired) electrons. The van der Waals surface area contributed by atoms with Crippen LogP contribution in [0.4, 0.5) is 5.69 Å². The minimum Gasteiger partial charge on any atom is -0.352 e. The standard InChI is InChI=1S/C20H19N3O2S/c1-14(24)23-18-6-4-15(5-7-18)10-20(25)22-12-16-9-17(13-21-11-16)19-3-2-8-26-19/h2-9,11,13H,10,12H2,1H3,(H,22,25)(H,23,24). The molecular formula is C20H19N3O2S. The van der Waals surface area contributed by atoms with Gasteiger partial charge in [0.2, 0.25) is 11.8 Å². The molecule has 0 aliphatic heterocycles. The minimum absolute atomic E-state index is 0.0567. The zero-order chi connectivity index (χ0) is 18.4. The molecule has 0 fully saturated rings. The maximum Gasteiger partial charge on any atom is 0.224 e. The van der Waals surface area contributed by atoms with E-state index in [9.17, 15) is 9.59 Å². The number of amides is 2. The quantitative estimate of drug-likeness (QED) is 0.701. The van der Waals surface area contributed by atoms with E-state index in [1.807, 2.05) is 35.8 Å². The van der Waals surface area contributed by atoms with Crippen molar-refractivity contribution in [3.05, 3.63) is 71.4 Å². The number of hydrogen-bond donors (Lipinski definition) is 2. The van der Waals surface area contributed by atoms with Crippen molar-refractivity contribution in [1.29, 1.82) is 0 Å². The number of aromatic nitrogens is 1. The first-order chi connectivity index (χ1) is 12.6. The van der Waals surface area contributed by atoms with E-state index in [1.165, 1.54) is 6.92 Å². The summed E-state index contributed by atoms with van der Waals surface area (Å²) in [5, 5.41) is 7.65. The van der Waals surface area contributed by atoms with Gasteiger partial charge >= 0.3 is 0 Å². The minimum atomic E-state index is -0.117. The average molecular weight is 365 g/mol. The zero-order valence-electron chi connectivity index (χ0n) is 14.4. The number of pyridine rings is 1. The Morgan fingerprint density at radius 2 is 1.88 bits per heavy atom. The van der Waals surface area contributed by atoms with Gasteiger partial charge in [0.1, 0.15) is 0 Å². The van der Waals surface area contributed by atoms with Crippen molar-refractivity contribution in [3.8, 4) is 10.4 Å². The molecule has 2 heterocycles. The summed E-state index contributed by atoms with van der Waals surface area (Å²) in [6.45, 7) is 1.90. The third kappa shape index (κ3) is 5.00. The van der Waals surface area contributed by atoms with Gasteiger partial charge in [-0.1, -0.05) is 18.2 Å². The fourth-order valence-electron chi connectivity index (χ4n) is 2.52. The van der Waals surface area contributed by atoms with Gasteiger partial charge in [-0.25, -0.2) is 0 Å². The zero-order valence-corrected chi connectivity index (χ0v) is 15.2. The second-order valence-electron chi connectivity index (χ2n) is 5.89. The van der Waals surface area contributed by atoms with Crippen LogP contribution in [0.25, 0.3) is 10.4 Å². The summed E-state index contributed by atoms with van der Waals surface area (Å²) < 4.78 is 0. The van der Waals surface area contributed by atoms with Crippen LogP contribution in [-0.4, -0.2) is 16.8 Å². The summed E-state index contributed by atoms with van der Waals surface area (Å²) in [4.78, 5) is 28.6. The molecule has 0 saturated heterocycles. The SMILES string of the molecule is CC(=O)Nc1ccc(CC(=O)NCc2cncc(-c3cccs3)c2)cc1. The van der Waals surface area contributed by atoms with E-state index >= 15 is 0 Å². The van der Waals surface area contributed by atoms with Gasteiger partial charge in [-0.3, -0.25) is 14.6 Å². The fraction of sp³-hybridized carbons (Fsp3) is 0.150. The Balaban J connectivity index is 1.54. The first-order valence-corrected chi connectivity index (χ1v) is 9.09. The number of anilines is 1. The van der Waals surface area contributed by atoms with Crippen LogP contribution in [0.15, 0.2) is 60.2 Å². The second-order valence-corrected chi connectivity index (χ2v) is 6.84. The first kappa shape index (κ1) is 17.8. The predicted octanol–water partition coefficient (Wildman–Crippen LogP) is 3.63. The summed E-state index contributed by atoms with van der Waals surface area (Å²) in [5.41, 5.74) is 3.63. The molecule has 132 valence electrons. The van der Waals surface area contributed by atoms with E-state index in [0.29, 0.717) is 13.0 Å². The van der Waals surface area contributed by atoms with Crippen LogP contribution in [0, 0.1) is 0 Å². The maximum atomic E-state index is 12.2. The molecule has 2 amide bonds. The molecule has 3 rings (SSSR count). The van der Waals surface area contributed by atoms with Gasteiger partial charge in [0.05, 0.1) is 6.42 Å². The molecule has 0 spiro atoms. The normalized spacial score (nSPS) is 10.3. The molecule has 0 unspecified atom stereocenters. The van der Waals surface area contributed by atoms with Crippen LogP contribution in [0.2, 0.25) is 0 Å². The van der Waals surface area contributed by atoms with Crippen molar-refractivity contribution >= 4 is 28.8 Å². The van der Waals surface area contributed by atoms with Crippen LogP contribution in [0.1, 0.15) is 18.1 Å². The number of carbonyl (C=O) groups is 2. The van der Waals surface area contributed by atoms with Crippen LogP contribution >= 0.6 is 11.3 Å². The van der Waals surface area contributed by atoms with Gasteiger partial charge in [0, 0.05) is 42.0 Å². The van der Waals surface area contributed by atoms with Crippen molar-refractivity contribution in [1.82, 2.24) is 10.3 Å². The summed E-state index contributed by atoms with van der Waals surface area (Å²) in [6, 6.07) is 13.4. The van der Waals surface area contributed by atoms with Crippen molar-refractivity contribution in [2.24, 2.45) is 0 Å². The Bertz CT molecular complexity index is 890. The highest BCUT2D eigenvalue weighted by Gasteiger charge is 2.06. The second kappa shape index (κ2) is 8.40. The third-order valence-electron chi connectivity index (χ3n) is 3.73. The van der Waals surface area contributed by atoms with Crippen molar-refractivity contribution in [2.75, 3.05) is 5.32 Å². The highest BCUT2D eigenvalue weighted by atomic mass is 32.1. The molecule has 0 bridgehead atoms. The Hall–Kier alpha value is -2.99. The number of hydrogen-bond acceptors (Lipinski definition) is 4. The summed E-state index contributed by atoms with van der Waals surface area (Å²) in [7, 11) is 0. The van der Waals surface area contributed by atoms with Crippen molar-refractivity contribution < 1.29 is 9.59 Å². The molecule has 5 nitrogen and oxygen atoms in total. The maximum absolute atomic E-state index is 12.2. The number of nitrogens with zero attached hydrogens (tertiary/aromatic N) is 1. The lowest BCUT2D eigenvalue weighted by Crippen LogP contribution is -2.24. The van der Waals surface area contributed by atoms with Gasteiger partial charge < -0.3 is 10.6 Å². The molecule has 26 heavy (non-hydrogen) atoms. The highest BCUT2D eigenvalue weighted by molar-refractivity contribution is 7.13. The molecule has 3 aromatic rings. The molecule has 0 aliphatic carbocycles. The summed E-state index contributed by atoms with van der Waals surface area (Å²) in [6.07, 6.45) is 3.88. The predicted molar refractivity (Wildman–Crippen MR) is 104 cm³/mol. The lowest BCUT2D eigenvalue weighted by molar-refractivity contribution is -0.120. The average Bonchev–Trinajstić information content (AvgIpc) is 3.16. The first-order valence-electron chi connectivity index (χ1n) is 8.21. The third-order valence-corrected chi connectivity index (χ3v) is 4.65. The monoisotopic (exact) mass is 365 g/mol. The number of thiophene rings is 1. The van der Waals surface area contributed by atoms with E-state index < -0.39 is 0 Å². The Morgan fingerprint density at radius 1 is 1.08 bits per heavy atom. The molecule has 2 aromatic heterocycles. The van der Waals surface area contributed by atoms with Crippen LogP contribution < -0.4 is 10.6 Å². The van der Waals surface area contributed by atoms with Crippen molar-refractivity contribution in [3.63, 3.8) is 0 Å². The highest BCUT2D eigenvalue weighted by Crippen LogP contribution is 2.24. The number of benzene rings is 1. The van der Waals surface area contributed by atoms with E-state index in [2.05, 4.69) is 21.7 Å². The van der Waals surface area contributed by atoms with Crippen LogP contribution in [0.3, 0.4) is 0 Å². The fourth-order valence-corrected chi connectivity index (χ4v) is 3.23. The van der Waals surface area contributed by atoms with E-state index in [-0.39, 0.29) is 11.8 Å². The van der Waals surface area contributed by atoms with Crippen molar-refractivity contribution in [2.45, 2.75) is 19.9 Å². The largest absolute Gasteiger partial charge is 0.352 e. The van der Waals surface area contributed by atoms with Crippen LogP contribution in [-0.2, 0) is 22.6 Å². The molecule has 0 aliphatic rings. The molecule has 2 N–H and O–H groups in total. The molecule has 6 heteroatoms. The van der Waals surface area contributed by atoms with Gasteiger partial charge in [-0.2, -0.15) is 0 Å². The van der Waals surface area contributed by atoms with E-state index in [0.717, 1.165) is 27.3 Å². The van der Waals surface area contributed by atoms with Gasteiger partial charge in [0.25, 0.3) is 0 Å². The van der Waals surface area contributed by atoms with Crippen LogP contribution in [0.5, 0.6) is 0 Å². The summed E-state index contributed by atoms with van der Waals surface area (Å²) >= 11 is 1.66.